The van der Waals surface area contributed by atoms with Crippen molar-refractivity contribution >= 4 is 29.0 Å². The highest BCUT2D eigenvalue weighted by Crippen LogP contribution is 2.26. The lowest BCUT2D eigenvalue weighted by atomic mass is 9.94. The Morgan fingerprint density at radius 3 is 2.88 bits per heavy atom. The second kappa shape index (κ2) is 5.42. The van der Waals surface area contributed by atoms with Crippen LogP contribution >= 0.6 is 23.2 Å². The Labute approximate surface area is 112 Å². The maximum Gasteiger partial charge on any atom is 0.145 e. The van der Waals surface area contributed by atoms with Gasteiger partial charge in [-0.1, -0.05) is 30.1 Å². The van der Waals surface area contributed by atoms with Crippen LogP contribution in [0.5, 0.6) is 0 Å². The van der Waals surface area contributed by atoms with Gasteiger partial charge in [0.15, 0.2) is 0 Å². The summed E-state index contributed by atoms with van der Waals surface area (Å²) in [5.41, 5.74) is 0. The highest BCUT2D eigenvalue weighted by atomic mass is 35.5. The predicted molar refractivity (Wildman–Crippen MR) is 72.9 cm³/mol. The fourth-order valence-corrected chi connectivity index (χ4v) is 2.70. The average Bonchev–Trinajstić information content (AvgIpc) is 2.25. The first-order valence-electron chi connectivity index (χ1n) is 5.82. The lowest BCUT2D eigenvalue weighted by Crippen LogP contribution is -2.43. The molecule has 2 heterocycles. The molecular weight excluding hydrogens is 257 g/mol. The number of hydrogen-bond acceptors (Lipinski definition) is 3. The molecule has 94 valence electrons. The summed E-state index contributed by atoms with van der Waals surface area (Å²) in [5, 5.41) is 4.57. The molecule has 1 fully saturated rings. The second-order valence-electron chi connectivity index (χ2n) is 4.76. The fraction of sp³-hybridized carbons (Fsp3) is 0.583. The first-order valence-corrected chi connectivity index (χ1v) is 6.58. The number of likely N-dealkylation sites (tertiary alicyclic amines) is 1. The van der Waals surface area contributed by atoms with Crippen LogP contribution in [0.25, 0.3) is 0 Å². The molecule has 0 amide bonds. The molecule has 0 saturated carbocycles. The van der Waals surface area contributed by atoms with Crippen molar-refractivity contribution < 1.29 is 0 Å². The summed E-state index contributed by atoms with van der Waals surface area (Å²) in [6, 6.07) is 2.15. The van der Waals surface area contributed by atoms with E-state index in [1.807, 2.05) is 0 Å². The van der Waals surface area contributed by atoms with E-state index in [1.54, 1.807) is 12.3 Å². The standard InChI is InChI=1S/C12H17Cl2N3/c1-8-7-17(2)4-3-11(8)16-12-10(14)5-9(13)6-15-12/h5-6,8,11H,3-4,7H2,1-2H3,(H,15,16). The van der Waals surface area contributed by atoms with E-state index in [-0.39, 0.29) is 0 Å². The molecule has 2 unspecified atom stereocenters. The van der Waals surface area contributed by atoms with E-state index in [2.05, 4.69) is 29.2 Å². The van der Waals surface area contributed by atoms with Crippen LogP contribution in [0.15, 0.2) is 12.3 Å². The molecule has 2 atom stereocenters. The summed E-state index contributed by atoms with van der Waals surface area (Å²) in [7, 11) is 2.15. The third-order valence-electron chi connectivity index (χ3n) is 3.24. The molecule has 3 nitrogen and oxygen atoms in total. The van der Waals surface area contributed by atoms with Crippen molar-refractivity contribution in [2.75, 3.05) is 25.5 Å². The molecule has 1 saturated heterocycles. The monoisotopic (exact) mass is 273 g/mol. The second-order valence-corrected chi connectivity index (χ2v) is 5.61. The molecule has 1 aliphatic rings. The Hall–Kier alpha value is -0.510. The molecule has 1 N–H and O–H groups in total. The largest absolute Gasteiger partial charge is 0.366 e. The van der Waals surface area contributed by atoms with Crippen molar-refractivity contribution in [3.63, 3.8) is 0 Å². The van der Waals surface area contributed by atoms with Crippen molar-refractivity contribution in [1.82, 2.24) is 9.88 Å². The molecule has 0 aliphatic carbocycles. The van der Waals surface area contributed by atoms with Gasteiger partial charge in [0.25, 0.3) is 0 Å². The Kier molecular flexibility index (Phi) is 4.13. The predicted octanol–water partition coefficient (Wildman–Crippen LogP) is 3.14. The van der Waals surface area contributed by atoms with Gasteiger partial charge in [0.2, 0.25) is 0 Å². The van der Waals surface area contributed by atoms with Gasteiger partial charge in [-0.3, -0.25) is 0 Å². The summed E-state index contributed by atoms with van der Waals surface area (Å²) in [6.07, 6.45) is 2.73. The maximum absolute atomic E-state index is 6.11. The third-order valence-corrected chi connectivity index (χ3v) is 3.73. The summed E-state index contributed by atoms with van der Waals surface area (Å²) >= 11 is 11.9. The number of piperidine rings is 1. The number of halogens is 2. The smallest absolute Gasteiger partial charge is 0.145 e. The van der Waals surface area contributed by atoms with Crippen molar-refractivity contribution in [2.45, 2.75) is 19.4 Å². The summed E-state index contributed by atoms with van der Waals surface area (Å²) in [4.78, 5) is 6.58. The van der Waals surface area contributed by atoms with Gasteiger partial charge in [-0.2, -0.15) is 0 Å². The third kappa shape index (κ3) is 3.24. The number of aromatic nitrogens is 1. The molecule has 0 bridgehead atoms. The molecule has 1 aliphatic heterocycles. The number of nitrogens with one attached hydrogen (secondary N) is 1. The van der Waals surface area contributed by atoms with E-state index < -0.39 is 0 Å². The van der Waals surface area contributed by atoms with Crippen LogP contribution in [0.3, 0.4) is 0 Å². The molecule has 2 rings (SSSR count). The van der Waals surface area contributed by atoms with Crippen molar-refractivity contribution in [2.24, 2.45) is 5.92 Å². The highest BCUT2D eigenvalue weighted by molar-refractivity contribution is 6.35. The molecule has 0 radical (unpaired) electrons. The summed E-state index contributed by atoms with van der Waals surface area (Å²) < 4.78 is 0. The van der Waals surface area contributed by atoms with Crippen molar-refractivity contribution in [3.05, 3.63) is 22.3 Å². The van der Waals surface area contributed by atoms with E-state index in [1.165, 1.54) is 0 Å². The SMILES string of the molecule is CC1CN(C)CCC1Nc1ncc(Cl)cc1Cl. The molecule has 17 heavy (non-hydrogen) atoms. The van der Waals surface area contributed by atoms with Crippen LogP contribution < -0.4 is 5.32 Å². The van der Waals surface area contributed by atoms with Gasteiger partial charge in [0, 0.05) is 18.8 Å². The van der Waals surface area contributed by atoms with Crippen LogP contribution in [-0.2, 0) is 0 Å². The lowest BCUT2D eigenvalue weighted by Gasteiger charge is -2.35. The topological polar surface area (TPSA) is 28.2 Å². The highest BCUT2D eigenvalue weighted by Gasteiger charge is 2.24. The zero-order valence-corrected chi connectivity index (χ0v) is 11.6. The number of pyridine rings is 1. The van der Waals surface area contributed by atoms with Crippen LogP contribution in [-0.4, -0.2) is 36.1 Å². The molecule has 0 spiro atoms. The van der Waals surface area contributed by atoms with Crippen molar-refractivity contribution in [3.8, 4) is 0 Å². The Balaban J connectivity index is 2.05. The number of nitrogens with zero attached hydrogens (tertiary/aromatic N) is 2. The van der Waals surface area contributed by atoms with Crippen LogP contribution in [0, 0.1) is 5.92 Å². The van der Waals surface area contributed by atoms with Crippen LogP contribution in [0.4, 0.5) is 5.82 Å². The minimum Gasteiger partial charge on any atom is -0.366 e. The molecule has 1 aromatic heterocycles. The maximum atomic E-state index is 6.11. The number of rotatable bonds is 2. The Bertz CT molecular complexity index is 397. The fourth-order valence-electron chi connectivity index (χ4n) is 2.26. The lowest BCUT2D eigenvalue weighted by molar-refractivity contribution is 0.206. The number of anilines is 1. The first kappa shape index (κ1) is 12.9. The quantitative estimate of drug-likeness (QED) is 0.898. The van der Waals surface area contributed by atoms with E-state index >= 15 is 0 Å². The van der Waals surface area contributed by atoms with Gasteiger partial charge in [0.05, 0.1) is 10.0 Å². The van der Waals surface area contributed by atoms with Gasteiger partial charge in [-0.05, 0) is 32.0 Å². The minimum absolute atomic E-state index is 0.428. The van der Waals surface area contributed by atoms with Gasteiger partial charge >= 0.3 is 0 Å². The Morgan fingerprint density at radius 1 is 1.47 bits per heavy atom. The van der Waals surface area contributed by atoms with E-state index in [9.17, 15) is 0 Å². The van der Waals surface area contributed by atoms with Crippen molar-refractivity contribution in [1.29, 1.82) is 0 Å². The number of hydrogen-bond donors (Lipinski definition) is 1. The molecular formula is C12H17Cl2N3. The van der Waals surface area contributed by atoms with Gasteiger partial charge in [0.1, 0.15) is 5.82 Å². The van der Waals surface area contributed by atoms with Gasteiger partial charge < -0.3 is 10.2 Å². The average molecular weight is 274 g/mol. The van der Waals surface area contributed by atoms with Gasteiger partial charge in [-0.25, -0.2) is 4.98 Å². The van der Waals surface area contributed by atoms with E-state index in [0.717, 1.165) is 25.3 Å². The molecule has 1 aromatic rings. The summed E-state index contributed by atoms with van der Waals surface area (Å²) in [6.45, 7) is 4.45. The minimum atomic E-state index is 0.428. The summed E-state index contributed by atoms with van der Waals surface area (Å²) in [5.74, 6) is 1.32. The van der Waals surface area contributed by atoms with Crippen LogP contribution in [0.2, 0.25) is 10.0 Å². The zero-order chi connectivity index (χ0) is 12.4. The van der Waals surface area contributed by atoms with Gasteiger partial charge in [-0.15, -0.1) is 0 Å². The molecule has 0 aromatic carbocycles. The molecule has 5 heteroatoms. The van der Waals surface area contributed by atoms with Crippen LogP contribution in [0.1, 0.15) is 13.3 Å². The van der Waals surface area contributed by atoms with E-state index in [4.69, 9.17) is 23.2 Å². The van der Waals surface area contributed by atoms with E-state index in [0.29, 0.717) is 22.0 Å². The Morgan fingerprint density at radius 2 is 2.24 bits per heavy atom. The normalized spacial score (nSPS) is 25.9. The zero-order valence-electron chi connectivity index (χ0n) is 10.1. The first-order chi connectivity index (χ1) is 8.06.